The molecule has 0 unspecified atom stereocenters. The largest absolute Gasteiger partial charge is 0.493 e. The molecule has 1 saturated carbocycles. The van der Waals surface area contributed by atoms with Crippen LogP contribution in [0.5, 0.6) is 5.75 Å². The molecule has 0 spiro atoms. The molecule has 1 aromatic carbocycles. The summed E-state index contributed by atoms with van der Waals surface area (Å²) in [4.78, 5) is 19.6. The molecule has 4 heterocycles. The van der Waals surface area contributed by atoms with Gasteiger partial charge in [-0.3, -0.25) is 9.80 Å². The summed E-state index contributed by atoms with van der Waals surface area (Å²) in [6.45, 7) is 13.7. The fourth-order valence-corrected chi connectivity index (χ4v) is 6.62. The average molecular weight is 484 g/mol. The van der Waals surface area contributed by atoms with E-state index < -0.39 is 5.60 Å². The van der Waals surface area contributed by atoms with Gasteiger partial charge in [0, 0.05) is 57.8 Å². The molecule has 4 aliphatic heterocycles. The zero-order chi connectivity index (χ0) is 24.4. The van der Waals surface area contributed by atoms with Crippen LogP contribution >= 0.6 is 0 Å². The number of hydrogen-bond acceptors (Lipinski definition) is 5. The minimum absolute atomic E-state index is 0.171. The van der Waals surface area contributed by atoms with Crippen molar-refractivity contribution in [2.24, 2.45) is 17.8 Å². The zero-order valence-corrected chi connectivity index (χ0v) is 22.1. The minimum Gasteiger partial charge on any atom is -0.493 e. The van der Waals surface area contributed by atoms with Crippen molar-refractivity contribution < 1.29 is 14.3 Å². The van der Waals surface area contributed by atoms with E-state index in [4.69, 9.17) is 9.47 Å². The lowest BCUT2D eigenvalue weighted by Gasteiger charge is -2.46. The first-order valence-electron chi connectivity index (χ1n) is 14.0. The van der Waals surface area contributed by atoms with E-state index in [1.54, 1.807) is 0 Å². The van der Waals surface area contributed by atoms with Crippen LogP contribution < -0.4 is 4.74 Å². The summed E-state index contributed by atoms with van der Waals surface area (Å²) >= 11 is 0. The zero-order valence-electron chi connectivity index (χ0n) is 22.1. The van der Waals surface area contributed by atoms with Crippen LogP contribution in [0.25, 0.3) is 0 Å². The van der Waals surface area contributed by atoms with Gasteiger partial charge < -0.3 is 14.4 Å². The van der Waals surface area contributed by atoms with Gasteiger partial charge in [-0.25, -0.2) is 4.79 Å². The smallest absolute Gasteiger partial charge is 0.410 e. The molecular weight excluding hydrogens is 438 g/mol. The van der Waals surface area contributed by atoms with Crippen molar-refractivity contribution in [3.05, 3.63) is 29.8 Å². The molecule has 1 aromatic rings. The van der Waals surface area contributed by atoms with Crippen LogP contribution in [0.1, 0.15) is 64.9 Å². The average Bonchev–Trinajstić information content (AvgIpc) is 3.14. The van der Waals surface area contributed by atoms with Gasteiger partial charge in [0.05, 0.1) is 6.61 Å². The van der Waals surface area contributed by atoms with Crippen LogP contribution in [-0.4, -0.2) is 78.3 Å². The molecule has 1 amide bonds. The Kier molecular flexibility index (Phi) is 7.59. The maximum atomic E-state index is 12.5. The quantitative estimate of drug-likeness (QED) is 0.589. The second-order valence-corrected chi connectivity index (χ2v) is 12.6. The third-order valence-electron chi connectivity index (χ3n) is 8.45. The number of carbonyl (C=O) groups is 1. The summed E-state index contributed by atoms with van der Waals surface area (Å²) in [5.41, 5.74) is 0.943. The van der Waals surface area contributed by atoms with E-state index in [0.717, 1.165) is 69.8 Å². The first-order chi connectivity index (χ1) is 16.8. The molecule has 5 aliphatic rings. The van der Waals surface area contributed by atoms with Gasteiger partial charge in [0.2, 0.25) is 0 Å². The van der Waals surface area contributed by atoms with Crippen LogP contribution in [-0.2, 0) is 11.3 Å². The van der Waals surface area contributed by atoms with Gasteiger partial charge in [0.1, 0.15) is 11.4 Å². The second-order valence-electron chi connectivity index (χ2n) is 12.6. The van der Waals surface area contributed by atoms with Crippen LogP contribution in [0, 0.1) is 17.8 Å². The molecule has 6 heteroatoms. The molecule has 2 bridgehead atoms. The van der Waals surface area contributed by atoms with Crippen molar-refractivity contribution in [1.29, 1.82) is 0 Å². The molecule has 0 radical (unpaired) electrons. The van der Waals surface area contributed by atoms with Crippen molar-refractivity contribution in [3.63, 3.8) is 0 Å². The van der Waals surface area contributed by atoms with Crippen molar-refractivity contribution in [2.45, 2.75) is 77.5 Å². The highest BCUT2D eigenvalue weighted by Gasteiger charge is 2.36. The molecule has 6 rings (SSSR count). The number of nitrogens with zero attached hydrogens (tertiary/aromatic N) is 3. The van der Waals surface area contributed by atoms with Crippen molar-refractivity contribution in [1.82, 2.24) is 14.7 Å². The predicted molar refractivity (Wildman–Crippen MR) is 139 cm³/mol. The monoisotopic (exact) mass is 483 g/mol. The van der Waals surface area contributed by atoms with Crippen LogP contribution in [0.4, 0.5) is 4.79 Å². The fourth-order valence-electron chi connectivity index (χ4n) is 6.62. The summed E-state index contributed by atoms with van der Waals surface area (Å²) in [5.74, 6) is 3.38. The number of carbonyl (C=O) groups excluding carboxylic acids is 1. The van der Waals surface area contributed by atoms with E-state index in [0.29, 0.717) is 12.0 Å². The van der Waals surface area contributed by atoms with Crippen molar-refractivity contribution in [2.75, 3.05) is 45.9 Å². The SMILES string of the molecule is CC(C)(C)OC(=O)N1CCN2C[C@H](COc3cccc(CN4C[C@H]5CC[C@@H](CC5)C4)c3)CC[C@H]2C1. The molecule has 194 valence electrons. The normalized spacial score (nSPS) is 30.0. The Morgan fingerprint density at radius 2 is 1.69 bits per heavy atom. The van der Waals surface area contributed by atoms with Crippen LogP contribution in [0.2, 0.25) is 0 Å². The number of hydrogen-bond donors (Lipinski definition) is 0. The molecular formula is C29H45N3O3. The lowest BCUT2D eigenvalue weighted by molar-refractivity contribution is -0.0122. The number of rotatable bonds is 5. The Balaban J connectivity index is 1.08. The number of ether oxygens (including phenoxy) is 2. The van der Waals surface area contributed by atoms with Gasteiger partial charge in [-0.15, -0.1) is 0 Å². The summed E-state index contributed by atoms with van der Waals surface area (Å²) in [5, 5.41) is 0. The topological polar surface area (TPSA) is 45.3 Å². The number of piperazine rings is 1. The van der Waals surface area contributed by atoms with Gasteiger partial charge in [-0.1, -0.05) is 12.1 Å². The minimum atomic E-state index is -0.437. The lowest BCUT2D eigenvalue weighted by atomic mass is 9.84. The Morgan fingerprint density at radius 1 is 0.943 bits per heavy atom. The predicted octanol–water partition coefficient (Wildman–Crippen LogP) is 5.02. The van der Waals surface area contributed by atoms with Gasteiger partial charge in [-0.2, -0.15) is 0 Å². The lowest BCUT2D eigenvalue weighted by Crippen LogP contribution is -2.58. The first-order valence-corrected chi connectivity index (χ1v) is 14.0. The molecule has 1 aliphatic carbocycles. The highest BCUT2D eigenvalue weighted by molar-refractivity contribution is 5.68. The number of piperidine rings is 1. The summed E-state index contributed by atoms with van der Waals surface area (Å²) < 4.78 is 11.9. The fraction of sp³-hybridized carbons (Fsp3) is 0.759. The number of benzene rings is 1. The van der Waals surface area contributed by atoms with E-state index >= 15 is 0 Å². The Hall–Kier alpha value is -1.79. The maximum Gasteiger partial charge on any atom is 0.410 e. The van der Waals surface area contributed by atoms with E-state index in [9.17, 15) is 4.79 Å². The second kappa shape index (κ2) is 10.7. The maximum absolute atomic E-state index is 12.5. The standard InChI is InChI=1S/C29H45N3O3/c1-29(2,3)35-28(33)32-14-13-31-19-25(11-12-26(31)20-32)21-34-27-6-4-5-24(15-27)18-30-16-22-7-8-23(17-30)10-9-22/h4-6,15,22-23,25-26H,7-14,16-21H2,1-3H3/t22-,23-,25-,26+/m1/s1. The van der Waals surface area contributed by atoms with Gasteiger partial charge in [-0.05, 0) is 88.8 Å². The molecule has 6 nitrogen and oxygen atoms in total. The van der Waals surface area contributed by atoms with E-state index in [1.807, 2.05) is 25.7 Å². The van der Waals surface area contributed by atoms with Crippen LogP contribution in [0.3, 0.4) is 0 Å². The molecule has 2 atom stereocenters. The van der Waals surface area contributed by atoms with E-state index in [-0.39, 0.29) is 6.09 Å². The van der Waals surface area contributed by atoms with Gasteiger partial charge >= 0.3 is 6.09 Å². The Bertz CT molecular complexity index is 847. The summed E-state index contributed by atoms with van der Waals surface area (Å²) in [7, 11) is 0. The molecule has 4 saturated heterocycles. The molecule has 0 N–H and O–H groups in total. The van der Waals surface area contributed by atoms with Crippen molar-refractivity contribution in [3.8, 4) is 5.75 Å². The Morgan fingerprint density at radius 3 is 2.40 bits per heavy atom. The molecule has 5 fully saturated rings. The number of amides is 1. The summed E-state index contributed by atoms with van der Waals surface area (Å²) in [6.07, 6.45) is 7.83. The third-order valence-corrected chi connectivity index (χ3v) is 8.45. The van der Waals surface area contributed by atoms with Gasteiger partial charge in [0.25, 0.3) is 0 Å². The highest BCUT2D eigenvalue weighted by atomic mass is 16.6. The summed E-state index contributed by atoms with van der Waals surface area (Å²) in [6, 6.07) is 9.23. The molecule has 35 heavy (non-hydrogen) atoms. The number of fused-ring (bicyclic) bond motifs is 5. The van der Waals surface area contributed by atoms with Crippen LogP contribution in [0.15, 0.2) is 24.3 Å². The third kappa shape index (κ3) is 6.71. The molecule has 0 aromatic heterocycles. The Labute approximate surface area is 211 Å². The first kappa shape index (κ1) is 24.9. The van der Waals surface area contributed by atoms with Gasteiger partial charge in [0.15, 0.2) is 0 Å². The van der Waals surface area contributed by atoms with E-state index in [1.165, 1.54) is 44.3 Å². The highest BCUT2D eigenvalue weighted by Crippen LogP contribution is 2.34. The van der Waals surface area contributed by atoms with E-state index in [2.05, 4.69) is 34.1 Å². The van der Waals surface area contributed by atoms with Crippen molar-refractivity contribution >= 4 is 6.09 Å².